The van der Waals surface area contributed by atoms with Crippen LogP contribution >= 0.6 is 24.0 Å². The van der Waals surface area contributed by atoms with Crippen LogP contribution in [-0.2, 0) is 9.59 Å². The van der Waals surface area contributed by atoms with E-state index in [-0.39, 0.29) is 29.9 Å². The monoisotopic (exact) mass is 576 g/mol. The molecular formula is C24H45IN6O2. The number of guanidine groups is 1. The average Bonchev–Trinajstić information content (AvgIpc) is 2.78. The van der Waals surface area contributed by atoms with E-state index in [1.54, 1.807) is 0 Å². The molecule has 0 radical (unpaired) electrons. The van der Waals surface area contributed by atoms with Gasteiger partial charge in [-0.25, -0.2) is 0 Å². The zero-order valence-corrected chi connectivity index (χ0v) is 23.2. The van der Waals surface area contributed by atoms with Crippen molar-refractivity contribution < 1.29 is 9.59 Å². The van der Waals surface area contributed by atoms with Gasteiger partial charge in [-0.1, -0.05) is 20.3 Å². The molecule has 8 nitrogen and oxygen atoms in total. The van der Waals surface area contributed by atoms with Crippen LogP contribution in [0, 0.1) is 11.8 Å². The van der Waals surface area contributed by atoms with E-state index < -0.39 is 0 Å². The second-order valence-corrected chi connectivity index (χ2v) is 9.55. The van der Waals surface area contributed by atoms with E-state index >= 15 is 0 Å². The molecule has 0 bridgehead atoms. The number of carbonyl (C=O) groups is 2. The Morgan fingerprint density at radius 2 is 1.58 bits per heavy atom. The molecule has 9 heteroatoms. The number of amides is 2. The molecule has 1 saturated carbocycles. The number of hydrogen-bond donors (Lipinski definition) is 2. The summed E-state index contributed by atoms with van der Waals surface area (Å²) in [6, 6.07) is 0.355. The minimum Gasteiger partial charge on any atom is -0.355 e. The number of piperidine rings is 1. The van der Waals surface area contributed by atoms with Gasteiger partial charge in [0, 0.05) is 77.3 Å². The minimum absolute atomic E-state index is 0. The summed E-state index contributed by atoms with van der Waals surface area (Å²) in [5.41, 5.74) is 0. The summed E-state index contributed by atoms with van der Waals surface area (Å²) in [7, 11) is 1.81. The van der Waals surface area contributed by atoms with E-state index in [4.69, 9.17) is 0 Å². The van der Waals surface area contributed by atoms with Crippen LogP contribution in [0.5, 0.6) is 0 Å². The first-order valence-corrected chi connectivity index (χ1v) is 12.8. The molecule has 3 aliphatic rings. The number of halogens is 1. The Kier molecular flexibility index (Phi) is 12.2. The van der Waals surface area contributed by atoms with Gasteiger partial charge in [0.25, 0.3) is 0 Å². The summed E-state index contributed by atoms with van der Waals surface area (Å²) in [5, 5.41) is 6.98. The van der Waals surface area contributed by atoms with E-state index in [1.165, 1.54) is 6.42 Å². The summed E-state index contributed by atoms with van der Waals surface area (Å²) in [6.45, 7) is 11.3. The fraction of sp³-hybridized carbons (Fsp3) is 0.875. The standard InChI is InChI=1S/C24H44N6O2.HI/c1-4-19(5-2)22(31)29-12-9-21(10-13-29)27-24(25-3)26-11-14-28-15-17-30(18-16-28)23(32)20-7-6-8-20;/h19-21H,4-18H2,1-3H3,(H2,25,26,27);1H. The average molecular weight is 577 g/mol. The normalized spacial score (nSPS) is 20.9. The van der Waals surface area contributed by atoms with Gasteiger partial charge in [-0.2, -0.15) is 0 Å². The number of piperazine rings is 1. The van der Waals surface area contributed by atoms with Crippen molar-refractivity contribution in [3.8, 4) is 0 Å². The van der Waals surface area contributed by atoms with Crippen molar-refractivity contribution in [1.29, 1.82) is 0 Å². The quantitative estimate of drug-likeness (QED) is 0.263. The first kappa shape index (κ1) is 28.1. The minimum atomic E-state index is 0. The number of rotatable bonds is 8. The molecule has 2 heterocycles. The third-order valence-corrected chi connectivity index (χ3v) is 7.56. The molecule has 2 saturated heterocycles. The molecular weight excluding hydrogens is 531 g/mol. The molecule has 0 aromatic rings. The molecule has 33 heavy (non-hydrogen) atoms. The Balaban J connectivity index is 0.00000385. The maximum Gasteiger partial charge on any atom is 0.225 e. The van der Waals surface area contributed by atoms with Crippen molar-refractivity contribution >= 4 is 41.8 Å². The van der Waals surface area contributed by atoms with E-state index in [9.17, 15) is 9.59 Å². The molecule has 0 spiro atoms. The van der Waals surface area contributed by atoms with Crippen LogP contribution in [0.25, 0.3) is 0 Å². The lowest BCUT2D eigenvalue weighted by atomic mass is 9.84. The Bertz CT molecular complexity index is 637. The van der Waals surface area contributed by atoms with Gasteiger partial charge in [0.2, 0.25) is 11.8 Å². The van der Waals surface area contributed by atoms with Gasteiger partial charge in [0.1, 0.15) is 0 Å². The van der Waals surface area contributed by atoms with Gasteiger partial charge >= 0.3 is 0 Å². The number of carbonyl (C=O) groups excluding carboxylic acids is 2. The zero-order chi connectivity index (χ0) is 22.9. The van der Waals surface area contributed by atoms with Gasteiger partial charge in [-0.3, -0.25) is 19.5 Å². The molecule has 190 valence electrons. The maximum absolute atomic E-state index is 12.6. The molecule has 2 N–H and O–H groups in total. The predicted octanol–water partition coefficient (Wildman–Crippen LogP) is 2.14. The molecule has 0 atom stereocenters. The smallest absolute Gasteiger partial charge is 0.225 e. The fourth-order valence-corrected chi connectivity index (χ4v) is 4.97. The van der Waals surface area contributed by atoms with Gasteiger partial charge in [-0.05, 0) is 38.5 Å². The van der Waals surface area contributed by atoms with Gasteiger partial charge < -0.3 is 20.4 Å². The largest absolute Gasteiger partial charge is 0.355 e. The third kappa shape index (κ3) is 7.97. The molecule has 0 aromatic carbocycles. The van der Waals surface area contributed by atoms with Crippen molar-refractivity contribution in [2.75, 3.05) is 59.4 Å². The summed E-state index contributed by atoms with van der Waals surface area (Å²) in [5.74, 6) is 2.03. The Hall–Kier alpha value is -1.10. The first-order valence-electron chi connectivity index (χ1n) is 12.8. The zero-order valence-electron chi connectivity index (χ0n) is 20.9. The van der Waals surface area contributed by atoms with Crippen LogP contribution in [0.2, 0.25) is 0 Å². The van der Waals surface area contributed by atoms with Crippen molar-refractivity contribution in [2.24, 2.45) is 16.8 Å². The molecule has 3 fully saturated rings. The summed E-state index contributed by atoms with van der Waals surface area (Å²) >= 11 is 0. The van der Waals surface area contributed by atoms with Crippen molar-refractivity contribution in [1.82, 2.24) is 25.3 Å². The second-order valence-electron chi connectivity index (χ2n) is 9.55. The lowest BCUT2D eigenvalue weighted by Gasteiger charge is -2.38. The molecule has 1 aliphatic carbocycles. The number of nitrogens with one attached hydrogen (secondary N) is 2. The van der Waals surface area contributed by atoms with Crippen molar-refractivity contribution in [3.05, 3.63) is 0 Å². The Morgan fingerprint density at radius 3 is 2.09 bits per heavy atom. The Labute approximate surface area is 217 Å². The molecule has 3 rings (SSSR count). The van der Waals surface area contributed by atoms with E-state index in [1.807, 2.05) is 11.9 Å². The van der Waals surface area contributed by atoms with Crippen LogP contribution in [-0.4, -0.2) is 97.9 Å². The van der Waals surface area contributed by atoms with E-state index in [0.717, 1.165) is 96.8 Å². The summed E-state index contributed by atoms with van der Waals surface area (Å²) in [6.07, 6.45) is 7.16. The fourth-order valence-electron chi connectivity index (χ4n) is 4.97. The SMILES string of the molecule is CCC(CC)C(=O)N1CCC(NC(=NC)NCCN2CCN(C(=O)C3CCC3)CC2)CC1.I. The van der Waals surface area contributed by atoms with Crippen molar-refractivity contribution in [3.63, 3.8) is 0 Å². The number of hydrogen-bond acceptors (Lipinski definition) is 4. The topological polar surface area (TPSA) is 80.3 Å². The molecule has 0 unspecified atom stereocenters. The highest BCUT2D eigenvalue weighted by Gasteiger charge is 2.31. The highest BCUT2D eigenvalue weighted by Crippen LogP contribution is 2.28. The molecule has 0 aromatic heterocycles. The first-order chi connectivity index (χ1) is 15.5. The van der Waals surface area contributed by atoms with Crippen LogP contribution < -0.4 is 10.6 Å². The highest BCUT2D eigenvalue weighted by molar-refractivity contribution is 14.0. The molecule has 2 aliphatic heterocycles. The van der Waals surface area contributed by atoms with E-state index in [2.05, 4.69) is 39.3 Å². The van der Waals surface area contributed by atoms with Gasteiger partial charge in [0.15, 0.2) is 5.96 Å². The Morgan fingerprint density at radius 1 is 0.939 bits per heavy atom. The lowest BCUT2D eigenvalue weighted by Crippen LogP contribution is -2.53. The summed E-state index contributed by atoms with van der Waals surface area (Å²) in [4.78, 5) is 35.9. The van der Waals surface area contributed by atoms with Crippen LogP contribution in [0.15, 0.2) is 4.99 Å². The number of nitrogens with zero attached hydrogens (tertiary/aromatic N) is 4. The maximum atomic E-state index is 12.6. The van der Waals surface area contributed by atoms with Crippen LogP contribution in [0.3, 0.4) is 0 Å². The number of aliphatic imine (C=N–C) groups is 1. The third-order valence-electron chi connectivity index (χ3n) is 7.56. The summed E-state index contributed by atoms with van der Waals surface area (Å²) < 4.78 is 0. The lowest BCUT2D eigenvalue weighted by molar-refractivity contribution is -0.140. The second kappa shape index (κ2) is 14.3. The molecule has 2 amide bonds. The van der Waals surface area contributed by atoms with Crippen LogP contribution in [0.1, 0.15) is 58.8 Å². The van der Waals surface area contributed by atoms with Gasteiger partial charge in [0.05, 0.1) is 0 Å². The van der Waals surface area contributed by atoms with Gasteiger partial charge in [-0.15, -0.1) is 24.0 Å². The van der Waals surface area contributed by atoms with Crippen molar-refractivity contribution in [2.45, 2.75) is 64.8 Å². The number of likely N-dealkylation sites (tertiary alicyclic amines) is 1. The van der Waals surface area contributed by atoms with Crippen LogP contribution in [0.4, 0.5) is 0 Å². The highest BCUT2D eigenvalue weighted by atomic mass is 127. The van der Waals surface area contributed by atoms with E-state index in [0.29, 0.717) is 23.8 Å². The predicted molar refractivity (Wildman–Crippen MR) is 144 cm³/mol.